The summed E-state index contributed by atoms with van der Waals surface area (Å²) in [6.07, 6.45) is 6.40. The normalized spacial score (nSPS) is 15.9. The van der Waals surface area contributed by atoms with Gasteiger partial charge in [0, 0.05) is 17.3 Å². The Hall–Kier alpha value is -2.82. The smallest absolute Gasteiger partial charge is 0.260 e. The highest BCUT2D eigenvalue weighted by Gasteiger charge is 2.20. The van der Waals surface area contributed by atoms with Crippen LogP contribution in [0.15, 0.2) is 54.6 Å². The third-order valence-electron chi connectivity index (χ3n) is 5.03. The Balaban J connectivity index is 1.50. The number of anilines is 1. The molecule has 1 saturated carbocycles. The van der Waals surface area contributed by atoms with Crippen LogP contribution < -0.4 is 15.4 Å². The van der Waals surface area contributed by atoms with Crippen molar-refractivity contribution in [2.24, 2.45) is 0 Å². The first-order chi connectivity index (χ1) is 13.6. The lowest BCUT2D eigenvalue weighted by atomic mass is 10.1. The van der Waals surface area contributed by atoms with Crippen molar-refractivity contribution >= 4 is 17.5 Å². The van der Waals surface area contributed by atoms with E-state index in [1.807, 2.05) is 18.2 Å². The first-order valence-corrected chi connectivity index (χ1v) is 10.1. The first-order valence-electron chi connectivity index (χ1n) is 10.1. The van der Waals surface area contributed by atoms with Gasteiger partial charge >= 0.3 is 0 Å². The van der Waals surface area contributed by atoms with E-state index in [1.165, 1.54) is 25.7 Å². The molecule has 0 radical (unpaired) electrons. The van der Waals surface area contributed by atoms with Gasteiger partial charge in [-0.2, -0.15) is 0 Å². The van der Waals surface area contributed by atoms with Crippen molar-refractivity contribution in [3.8, 4) is 5.75 Å². The molecule has 1 atom stereocenters. The third-order valence-corrected chi connectivity index (χ3v) is 5.03. The Morgan fingerprint density at radius 2 is 1.57 bits per heavy atom. The molecular formula is C23H28N2O3. The average Bonchev–Trinajstić information content (AvgIpc) is 2.98. The highest BCUT2D eigenvalue weighted by atomic mass is 16.5. The van der Waals surface area contributed by atoms with E-state index in [9.17, 15) is 9.59 Å². The van der Waals surface area contributed by atoms with Crippen molar-refractivity contribution in [2.75, 3.05) is 5.32 Å². The van der Waals surface area contributed by atoms with Crippen LogP contribution in [0, 0.1) is 0 Å². The molecule has 1 fully saturated rings. The molecule has 28 heavy (non-hydrogen) atoms. The molecule has 0 bridgehead atoms. The molecule has 5 nitrogen and oxygen atoms in total. The second-order valence-electron chi connectivity index (χ2n) is 7.30. The van der Waals surface area contributed by atoms with E-state index >= 15 is 0 Å². The molecule has 0 heterocycles. The molecule has 0 aromatic heterocycles. The molecule has 2 aromatic rings. The summed E-state index contributed by atoms with van der Waals surface area (Å²) in [6, 6.07) is 16.4. The Kier molecular flexibility index (Phi) is 7.06. The van der Waals surface area contributed by atoms with Crippen LogP contribution in [-0.4, -0.2) is 24.0 Å². The lowest BCUT2D eigenvalue weighted by Crippen LogP contribution is -2.42. The summed E-state index contributed by atoms with van der Waals surface area (Å²) in [5, 5.41) is 5.96. The molecule has 0 spiro atoms. The summed E-state index contributed by atoms with van der Waals surface area (Å²) >= 11 is 0. The zero-order valence-corrected chi connectivity index (χ0v) is 16.3. The second kappa shape index (κ2) is 9.93. The van der Waals surface area contributed by atoms with Crippen LogP contribution in [0.25, 0.3) is 0 Å². The van der Waals surface area contributed by atoms with E-state index in [2.05, 4.69) is 10.6 Å². The lowest BCUT2D eigenvalue weighted by Gasteiger charge is -2.20. The van der Waals surface area contributed by atoms with Crippen LogP contribution >= 0.6 is 0 Å². The Labute approximate surface area is 166 Å². The van der Waals surface area contributed by atoms with Crippen molar-refractivity contribution in [3.05, 3.63) is 60.2 Å². The second-order valence-corrected chi connectivity index (χ2v) is 7.30. The molecule has 2 N–H and O–H groups in total. The molecule has 5 heteroatoms. The number of ether oxygens (including phenoxy) is 1. The number of carbonyl (C=O) groups excluding carboxylic acids is 2. The minimum atomic E-state index is -0.562. The number of nitrogens with one attached hydrogen (secondary N) is 2. The quantitative estimate of drug-likeness (QED) is 0.723. The van der Waals surface area contributed by atoms with Crippen LogP contribution in [0.3, 0.4) is 0 Å². The molecule has 2 aromatic carbocycles. The number of carbonyl (C=O) groups is 2. The van der Waals surface area contributed by atoms with Crippen LogP contribution in [0.5, 0.6) is 5.75 Å². The summed E-state index contributed by atoms with van der Waals surface area (Å²) < 4.78 is 5.77. The zero-order chi connectivity index (χ0) is 19.8. The lowest BCUT2D eigenvalue weighted by molar-refractivity contribution is -0.128. The SMILES string of the molecule is C[C@@H](Oc1ccc(NC(=O)c2ccccc2)cc1)C(=O)NC1CCCCCC1. The van der Waals surface area contributed by atoms with Crippen molar-refractivity contribution in [1.29, 1.82) is 0 Å². The summed E-state index contributed by atoms with van der Waals surface area (Å²) in [4.78, 5) is 24.6. The number of benzene rings is 2. The monoisotopic (exact) mass is 380 g/mol. The average molecular weight is 380 g/mol. The Morgan fingerprint density at radius 1 is 0.929 bits per heavy atom. The number of rotatable bonds is 6. The fourth-order valence-electron chi connectivity index (χ4n) is 3.41. The summed E-state index contributed by atoms with van der Waals surface area (Å²) in [7, 11) is 0. The zero-order valence-electron chi connectivity index (χ0n) is 16.3. The minimum Gasteiger partial charge on any atom is -0.481 e. The molecule has 0 aliphatic heterocycles. The highest BCUT2D eigenvalue weighted by Crippen LogP contribution is 2.19. The van der Waals surface area contributed by atoms with E-state index in [0.29, 0.717) is 17.0 Å². The maximum Gasteiger partial charge on any atom is 0.260 e. The summed E-state index contributed by atoms with van der Waals surface area (Å²) in [5.74, 6) is 0.361. The van der Waals surface area contributed by atoms with Gasteiger partial charge in [-0.1, -0.05) is 43.9 Å². The molecule has 3 rings (SSSR count). The van der Waals surface area contributed by atoms with Gasteiger partial charge in [-0.3, -0.25) is 9.59 Å². The van der Waals surface area contributed by atoms with Gasteiger partial charge < -0.3 is 15.4 Å². The van der Waals surface area contributed by atoms with E-state index in [4.69, 9.17) is 4.74 Å². The van der Waals surface area contributed by atoms with Gasteiger partial charge in [-0.05, 0) is 56.2 Å². The van der Waals surface area contributed by atoms with E-state index in [-0.39, 0.29) is 17.9 Å². The topological polar surface area (TPSA) is 67.4 Å². The molecule has 0 saturated heterocycles. The summed E-state index contributed by atoms with van der Waals surface area (Å²) in [5.41, 5.74) is 1.28. The van der Waals surface area contributed by atoms with E-state index in [0.717, 1.165) is 12.8 Å². The van der Waals surface area contributed by atoms with Gasteiger partial charge in [0.15, 0.2) is 6.10 Å². The van der Waals surface area contributed by atoms with E-state index < -0.39 is 6.10 Å². The largest absolute Gasteiger partial charge is 0.481 e. The maximum atomic E-state index is 12.4. The van der Waals surface area contributed by atoms with Gasteiger partial charge in [0.2, 0.25) is 0 Å². The molecule has 0 unspecified atom stereocenters. The van der Waals surface area contributed by atoms with Gasteiger partial charge in [0.1, 0.15) is 5.75 Å². The molecule has 1 aliphatic carbocycles. The van der Waals surface area contributed by atoms with Gasteiger partial charge in [-0.15, -0.1) is 0 Å². The first kappa shape index (κ1) is 19.9. The van der Waals surface area contributed by atoms with Gasteiger partial charge in [-0.25, -0.2) is 0 Å². The highest BCUT2D eigenvalue weighted by molar-refractivity contribution is 6.04. The fraction of sp³-hybridized carbons (Fsp3) is 0.391. The summed E-state index contributed by atoms with van der Waals surface area (Å²) in [6.45, 7) is 1.76. The van der Waals surface area contributed by atoms with Crippen molar-refractivity contribution in [1.82, 2.24) is 5.32 Å². The van der Waals surface area contributed by atoms with Crippen LogP contribution in [0.4, 0.5) is 5.69 Å². The van der Waals surface area contributed by atoms with Crippen molar-refractivity contribution in [3.63, 3.8) is 0 Å². The Bertz CT molecular complexity index is 766. The standard InChI is InChI=1S/C23H28N2O3/c1-17(22(26)24-19-11-7-2-3-8-12-19)28-21-15-13-20(14-16-21)25-23(27)18-9-5-4-6-10-18/h4-6,9-10,13-17,19H,2-3,7-8,11-12H2,1H3,(H,24,26)(H,25,27)/t17-/m1/s1. The van der Waals surface area contributed by atoms with Gasteiger partial charge in [0.05, 0.1) is 0 Å². The fourth-order valence-corrected chi connectivity index (χ4v) is 3.41. The van der Waals surface area contributed by atoms with Crippen LogP contribution in [0.1, 0.15) is 55.8 Å². The molecular weight excluding hydrogens is 352 g/mol. The predicted octanol–water partition coefficient (Wildman–Crippen LogP) is 4.55. The minimum absolute atomic E-state index is 0.0756. The molecule has 148 valence electrons. The van der Waals surface area contributed by atoms with Gasteiger partial charge in [0.25, 0.3) is 11.8 Å². The third kappa shape index (κ3) is 5.84. The number of hydrogen-bond donors (Lipinski definition) is 2. The van der Waals surface area contributed by atoms with Crippen LogP contribution in [-0.2, 0) is 4.79 Å². The number of hydrogen-bond acceptors (Lipinski definition) is 3. The number of amides is 2. The van der Waals surface area contributed by atoms with E-state index in [1.54, 1.807) is 43.3 Å². The predicted molar refractivity (Wildman–Crippen MR) is 111 cm³/mol. The molecule has 1 aliphatic rings. The molecule has 2 amide bonds. The van der Waals surface area contributed by atoms with Crippen LogP contribution in [0.2, 0.25) is 0 Å². The van der Waals surface area contributed by atoms with Crippen molar-refractivity contribution in [2.45, 2.75) is 57.6 Å². The Morgan fingerprint density at radius 3 is 2.21 bits per heavy atom. The maximum absolute atomic E-state index is 12.4. The van der Waals surface area contributed by atoms with Crippen molar-refractivity contribution < 1.29 is 14.3 Å².